The highest BCUT2D eigenvalue weighted by atomic mass is 16.3. The number of furan rings is 1. The average molecular weight is 993 g/mol. The number of benzene rings is 11. The fraction of sp³-hybridized carbons (Fsp3) is 0.0141. The molecule has 0 aliphatic heterocycles. The van der Waals surface area contributed by atoms with Crippen LogP contribution in [0.1, 0.15) is 27.8 Å². The molecule has 1 spiro atoms. The van der Waals surface area contributed by atoms with E-state index in [1.54, 1.807) is 0 Å². The first kappa shape index (κ1) is 42.7. The topological polar surface area (TPSA) is 85.5 Å². The molecule has 0 atom stereocenters. The lowest BCUT2D eigenvalue weighted by atomic mass is 9.69. The summed E-state index contributed by atoms with van der Waals surface area (Å²) in [6.07, 6.45) is 0. The zero-order chi connectivity index (χ0) is 51.2. The number of rotatable bonds is 5. The fourth-order valence-corrected chi connectivity index (χ4v) is 13.7. The Kier molecular flexibility index (Phi) is 8.71. The van der Waals surface area contributed by atoms with E-state index in [2.05, 4.69) is 173 Å². The highest BCUT2D eigenvalue weighted by Crippen LogP contribution is 2.67. The molecular weight excluding hydrogens is 953 g/mol. The molecule has 2 aliphatic rings. The van der Waals surface area contributed by atoms with Gasteiger partial charge in [-0.25, -0.2) is 15.0 Å². The second-order valence-electron chi connectivity index (χ2n) is 20.4. The van der Waals surface area contributed by atoms with Gasteiger partial charge in [0.05, 0.1) is 49.7 Å². The van der Waals surface area contributed by atoms with Crippen LogP contribution in [0.4, 0.5) is 0 Å². The number of fused-ring (bicyclic) bond motifs is 22. The number of para-hydroxylation sites is 4. The minimum absolute atomic E-state index is 0.404. The lowest BCUT2D eigenvalue weighted by molar-refractivity contribution is 0.669. The molecule has 7 nitrogen and oxygen atoms in total. The molecule has 0 N–H and O–H groups in total. The van der Waals surface area contributed by atoms with Crippen LogP contribution in [0.5, 0.6) is 0 Å². The van der Waals surface area contributed by atoms with Crippen LogP contribution in [0.3, 0.4) is 0 Å². The molecule has 4 heterocycles. The third-order valence-electron chi connectivity index (χ3n) is 16.6. The van der Waals surface area contributed by atoms with Crippen LogP contribution in [0.25, 0.3) is 133 Å². The zero-order valence-corrected chi connectivity index (χ0v) is 41.7. The van der Waals surface area contributed by atoms with E-state index in [1.807, 2.05) is 84.9 Å². The number of hydrogen-bond donors (Lipinski definition) is 0. The maximum atomic E-state index is 12.0. The van der Waals surface area contributed by atoms with E-state index in [0.29, 0.717) is 39.8 Å². The second-order valence-corrected chi connectivity index (χ2v) is 20.4. The molecule has 0 radical (unpaired) electrons. The van der Waals surface area contributed by atoms with Crippen molar-refractivity contribution in [3.63, 3.8) is 0 Å². The van der Waals surface area contributed by atoms with Crippen molar-refractivity contribution >= 4 is 65.6 Å². The molecule has 78 heavy (non-hydrogen) atoms. The molecule has 11 aromatic carbocycles. The van der Waals surface area contributed by atoms with E-state index in [-0.39, 0.29) is 0 Å². The van der Waals surface area contributed by atoms with Gasteiger partial charge in [0.1, 0.15) is 17.2 Å². The monoisotopic (exact) mass is 992 g/mol. The molecule has 17 rings (SSSR count). The lowest BCUT2D eigenvalue weighted by Crippen LogP contribution is -2.26. The number of aromatic nitrogens is 5. The summed E-state index contributed by atoms with van der Waals surface area (Å²) in [6.45, 7) is 0. The van der Waals surface area contributed by atoms with Crippen LogP contribution >= 0.6 is 0 Å². The summed E-state index contributed by atoms with van der Waals surface area (Å²) in [5, 5.41) is 18.1. The third kappa shape index (κ3) is 5.52. The van der Waals surface area contributed by atoms with Gasteiger partial charge in [0.2, 0.25) is 0 Å². The Hall–Kier alpha value is -10.7. The summed E-state index contributed by atoms with van der Waals surface area (Å²) in [5.74, 6) is 1.44. The Morgan fingerprint density at radius 3 is 1.53 bits per heavy atom. The fourth-order valence-electron chi connectivity index (χ4n) is 13.7. The quantitative estimate of drug-likeness (QED) is 0.171. The molecule has 4 aromatic heterocycles. The maximum absolute atomic E-state index is 12.0. The first-order chi connectivity index (χ1) is 38.7. The van der Waals surface area contributed by atoms with E-state index in [1.165, 1.54) is 44.5 Å². The van der Waals surface area contributed by atoms with E-state index < -0.39 is 5.41 Å². The molecule has 0 amide bonds. The number of hydrogen-bond acceptors (Lipinski definition) is 5. The Balaban J connectivity index is 1.10. The molecule has 0 saturated carbocycles. The van der Waals surface area contributed by atoms with Crippen molar-refractivity contribution in [2.75, 3.05) is 0 Å². The zero-order valence-electron chi connectivity index (χ0n) is 41.7. The summed E-state index contributed by atoms with van der Waals surface area (Å²) in [4.78, 5) is 15.5. The van der Waals surface area contributed by atoms with Gasteiger partial charge in [-0.05, 0) is 75.3 Å². The van der Waals surface area contributed by atoms with Crippen molar-refractivity contribution in [3.8, 4) is 73.9 Å². The van der Waals surface area contributed by atoms with Gasteiger partial charge in [-0.1, -0.05) is 206 Å². The van der Waals surface area contributed by atoms with Crippen molar-refractivity contribution in [2.45, 2.75) is 5.41 Å². The molecule has 0 saturated heterocycles. The van der Waals surface area contributed by atoms with Gasteiger partial charge in [0.15, 0.2) is 17.5 Å². The third-order valence-corrected chi connectivity index (χ3v) is 16.6. The predicted molar refractivity (Wildman–Crippen MR) is 313 cm³/mol. The van der Waals surface area contributed by atoms with Gasteiger partial charge in [-0.2, -0.15) is 5.26 Å². The largest absolute Gasteiger partial charge is 0.455 e. The predicted octanol–water partition coefficient (Wildman–Crippen LogP) is 17.2. The normalized spacial score (nSPS) is 13.0. The second kappa shape index (κ2) is 15.9. The summed E-state index contributed by atoms with van der Waals surface area (Å²) >= 11 is 0. The van der Waals surface area contributed by atoms with Gasteiger partial charge in [0, 0.05) is 49.3 Å². The first-order valence-corrected chi connectivity index (χ1v) is 26.3. The Bertz CT molecular complexity index is 5000. The first-order valence-electron chi connectivity index (χ1n) is 26.3. The molecule has 0 unspecified atom stereocenters. The van der Waals surface area contributed by atoms with Gasteiger partial charge in [-0.15, -0.1) is 0 Å². The van der Waals surface area contributed by atoms with Crippen molar-refractivity contribution in [1.82, 2.24) is 24.1 Å². The van der Waals surface area contributed by atoms with Crippen LogP contribution in [0.2, 0.25) is 0 Å². The van der Waals surface area contributed by atoms with Crippen LogP contribution < -0.4 is 0 Å². The van der Waals surface area contributed by atoms with Crippen LogP contribution in [-0.2, 0) is 5.41 Å². The average Bonchev–Trinajstić information content (AvgIpc) is 2.13. The Morgan fingerprint density at radius 2 is 0.897 bits per heavy atom. The maximum Gasteiger partial charge on any atom is 0.167 e. The summed E-state index contributed by atoms with van der Waals surface area (Å²) in [5.41, 5.74) is 19.1. The molecular formula is C71H40N6O. The summed E-state index contributed by atoms with van der Waals surface area (Å²) in [6, 6.07) is 88.4. The lowest BCUT2D eigenvalue weighted by Gasteiger charge is -2.31. The van der Waals surface area contributed by atoms with E-state index in [9.17, 15) is 5.26 Å². The van der Waals surface area contributed by atoms with Gasteiger partial charge in [-0.3, -0.25) is 0 Å². The SMILES string of the molecule is N#Cc1cc(-c2nc(-c3ccccc3)nc(-c3ccccc3)n2)c2oc3ccccc3c2c1-n1c2ccccc2c2c3c(c4c(c5ccccc5n4-c4ccccc4)c21)-c1ccccc1C31c2ccccc2-c2ccccc21. The molecule has 360 valence electrons. The summed E-state index contributed by atoms with van der Waals surface area (Å²) in [7, 11) is 0. The molecule has 0 bridgehead atoms. The van der Waals surface area contributed by atoms with Crippen LogP contribution in [0, 0.1) is 11.3 Å². The van der Waals surface area contributed by atoms with E-state index >= 15 is 0 Å². The molecule has 2 aliphatic carbocycles. The minimum Gasteiger partial charge on any atom is -0.455 e. The van der Waals surface area contributed by atoms with E-state index in [4.69, 9.17) is 19.4 Å². The standard InChI is InChI=1S/C71H40N6O/c72-41-44-40-52(70-74-68(42-22-4-1-5-23-42)73-69(75-70)43-24-6-2-7-25-43)67-62(51-33-15-21-39-58(51)78-67)64(44)77-57-38-20-13-31-49(57)60-63-59(65-61(66(60)77)50-32-14-19-37-56(50)76(65)45-26-8-3-9-27-45)48-30-12-18-36-55(48)71(63)53-34-16-10-28-46(53)47-29-11-17-35-54(47)71/h1-40H. The molecule has 7 heteroatoms. The van der Waals surface area contributed by atoms with Crippen LogP contribution in [-0.4, -0.2) is 24.1 Å². The van der Waals surface area contributed by atoms with Crippen molar-refractivity contribution in [2.24, 2.45) is 0 Å². The van der Waals surface area contributed by atoms with E-state index in [0.717, 1.165) is 76.9 Å². The Labute approximate surface area is 446 Å². The highest BCUT2D eigenvalue weighted by Gasteiger charge is 2.54. The van der Waals surface area contributed by atoms with Crippen molar-refractivity contribution in [3.05, 3.63) is 270 Å². The number of nitriles is 1. The smallest absolute Gasteiger partial charge is 0.167 e. The van der Waals surface area contributed by atoms with Gasteiger partial charge in [0.25, 0.3) is 0 Å². The van der Waals surface area contributed by atoms with Crippen molar-refractivity contribution in [1.29, 1.82) is 5.26 Å². The van der Waals surface area contributed by atoms with Gasteiger partial charge < -0.3 is 13.6 Å². The Morgan fingerprint density at radius 1 is 0.410 bits per heavy atom. The molecule has 0 fully saturated rings. The van der Waals surface area contributed by atoms with Crippen molar-refractivity contribution < 1.29 is 4.42 Å². The van der Waals surface area contributed by atoms with Crippen LogP contribution in [0.15, 0.2) is 247 Å². The van der Waals surface area contributed by atoms with Gasteiger partial charge >= 0.3 is 0 Å². The number of nitrogens with zero attached hydrogens (tertiary/aromatic N) is 6. The molecule has 15 aromatic rings. The summed E-state index contributed by atoms with van der Waals surface area (Å²) < 4.78 is 12.0. The highest BCUT2D eigenvalue weighted by molar-refractivity contribution is 6.33. The minimum atomic E-state index is -0.719.